The second-order valence-electron chi connectivity index (χ2n) is 1.43. The first-order valence-electron chi connectivity index (χ1n) is 2.38. The van der Waals surface area contributed by atoms with Gasteiger partial charge in [0.05, 0.1) is 5.69 Å². The molecule has 1 aliphatic heterocycles. The van der Waals surface area contributed by atoms with Crippen LogP contribution in [0.4, 0.5) is 0 Å². The number of aromatic nitrogens is 1. The predicted octanol–water partition coefficient (Wildman–Crippen LogP) is 0.670. The summed E-state index contributed by atoms with van der Waals surface area (Å²) in [5, 5.41) is 7.00. The normalized spacial score (nSPS) is 9.25. The van der Waals surface area contributed by atoms with Crippen molar-refractivity contribution in [1.29, 1.82) is 0 Å². The fraction of sp³-hybridized carbons (Fsp3) is 0.167. The zero-order valence-electron chi connectivity index (χ0n) is 4.63. The van der Waals surface area contributed by atoms with E-state index < -0.39 is 0 Å². The molecule has 0 unspecified atom stereocenters. The second-order valence-corrected chi connectivity index (χ2v) is 1.43. The van der Waals surface area contributed by atoms with Gasteiger partial charge in [0, 0.05) is 18.9 Å². The Hall–Kier alpha value is -0.890. The van der Waals surface area contributed by atoms with Gasteiger partial charge in [-0.2, -0.15) is 0 Å². The third kappa shape index (κ3) is 0.699. The molecule has 0 bridgehead atoms. The Morgan fingerprint density at radius 3 is 2.38 bits per heavy atom. The van der Waals surface area contributed by atoms with Crippen LogP contribution in [-0.4, -0.2) is 17.2 Å². The van der Waals surface area contributed by atoms with Gasteiger partial charge in [-0.3, -0.25) is 4.98 Å². The third-order valence-electron chi connectivity index (χ3n) is 0.972. The van der Waals surface area contributed by atoms with Crippen molar-refractivity contribution in [3.8, 4) is 11.3 Å². The molecule has 0 aromatic heterocycles. The average molecular weight is 109 g/mol. The Kier molecular flexibility index (Phi) is 1.26. The molecule has 0 spiro atoms. The molecule has 0 radical (unpaired) electrons. The van der Waals surface area contributed by atoms with E-state index >= 15 is 0 Å². The van der Waals surface area contributed by atoms with Crippen molar-refractivity contribution >= 4 is 0 Å². The van der Waals surface area contributed by atoms with Gasteiger partial charge in [0.15, 0.2) is 0 Å². The van der Waals surface area contributed by atoms with Gasteiger partial charge in [-0.05, 0) is 12.1 Å². The fourth-order valence-corrected chi connectivity index (χ4v) is 0.554. The number of fused-ring (bicyclic) bond motifs is 1. The Labute approximate surface area is 47.8 Å². The summed E-state index contributed by atoms with van der Waals surface area (Å²) in [6.45, 7) is 0. The molecular formula is C6H7NO. The zero-order chi connectivity index (χ0) is 5.98. The molecule has 0 atom stereocenters. The van der Waals surface area contributed by atoms with Crippen LogP contribution < -0.4 is 0 Å². The van der Waals surface area contributed by atoms with Gasteiger partial charge in [0.25, 0.3) is 0 Å². The molecule has 1 N–H and O–H groups in total. The summed E-state index contributed by atoms with van der Waals surface area (Å²) in [6, 6.07) is 4.06. The number of hydrogen-bond donors (Lipinski definition) is 1. The molecule has 2 aliphatic rings. The first-order valence-corrected chi connectivity index (χ1v) is 2.38. The lowest BCUT2D eigenvalue weighted by Crippen LogP contribution is -1.43. The Morgan fingerprint density at radius 1 is 1.50 bits per heavy atom. The summed E-state index contributed by atoms with van der Waals surface area (Å²) in [5.41, 5.74) is 2.49. The topological polar surface area (TPSA) is 33.1 Å². The maximum atomic E-state index is 7.00. The molecule has 1 heterocycles. The molecule has 0 saturated heterocycles. The highest BCUT2D eigenvalue weighted by Gasteiger charge is 2.09. The van der Waals surface area contributed by atoms with Crippen LogP contribution in [-0.2, 0) is 0 Å². The van der Waals surface area contributed by atoms with Crippen LogP contribution in [0.25, 0.3) is 11.3 Å². The van der Waals surface area contributed by atoms with Crippen LogP contribution in [0.5, 0.6) is 0 Å². The number of hydrogen-bond acceptors (Lipinski definition) is 2. The van der Waals surface area contributed by atoms with E-state index in [-0.39, 0.29) is 0 Å². The summed E-state index contributed by atoms with van der Waals surface area (Å²) in [7, 11) is 1.00. The minimum Gasteiger partial charge on any atom is -0.400 e. The van der Waals surface area contributed by atoms with Gasteiger partial charge < -0.3 is 5.11 Å². The number of aliphatic hydroxyl groups is 1. The molecule has 2 heteroatoms. The van der Waals surface area contributed by atoms with E-state index in [9.17, 15) is 0 Å². The maximum Gasteiger partial charge on any atom is 0.0710 e. The molecule has 0 amide bonds. The molecule has 0 saturated carbocycles. The standard InChI is InChI=1S/C5H3N.CH4O/c1-2-6-5-3-4(1)5;1-2/h1-3H;2H,1H3. The van der Waals surface area contributed by atoms with Crippen LogP contribution in [0.2, 0.25) is 0 Å². The summed E-state index contributed by atoms with van der Waals surface area (Å²) in [5.74, 6) is 0. The van der Waals surface area contributed by atoms with Crippen molar-refractivity contribution < 1.29 is 5.11 Å². The molecule has 0 aromatic rings. The number of rotatable bonds is 0. The quantitative estimate of drug-likeness (QED) is 0.539. The van der Waals surface area contributed by atoms with Crippen LogP contribution in [0.3, 0.4) is 0 Å². The monoisotopic (exact) mass is 109 g/mol. The highest BCUT2D eigenvalue weighted by Crippen LogP contribution is 2.29. The van der Waals surface area contributed by atoms with Crippen molar-refractivity contribution in [1.82, 2.24) is 4.98 Å². The lowest BCUT2D eigenvalue weighted by Gasteiger charge is -1.50. The number of nitrogens with zero attached hydrogens (tertiary/aromatic N) is 1. The Morgan fingerprint density at radius 2 is 2.25 bits per heavy atom. The number of aliphatic hydroxyl groups excluding tert-OH is 1. The largest absolute Gasteiger partial charge is 0.400 e. The van der Waals surface area contributed by atoms with E-state index in [4.69, 9.17) is 5.11 Å². The third-order valence-corrected chi connectivity index (χ3v) is 0.972. The van der Waals surface area contributed by atoms with Crippen molar-refractivity contribution in [3.63, 3.8) is 0 Å². The van der Waals surface area contributed by atoms with Crippen LogP contribution in [0, 0.1) is 0 Å². The van der Waals surface area contributed by atoms with Crippen LogP contribution in [0.15, 0.2) is 18.3 Å². The van der Waals surface area contributed by atoms with Crippen molar-refractivity contribution in [3.05, 3.63) is 18.3 Å². The smallest absolute Gasteiger partial charge is 0.0710 e. The van der Waals surface area contributed by atoms with Crippen molar-refractivity contribution in [2.75, 3.05) is 7.11 Å². The van der Waals surface area contributed by atoms with Gasteiger partial charge in [-0.15, -0.1) is 0 Å². The highest BCUT2D eigenvalue weighted by atomic mass is 16.2. The van der Waals surface area contributed by atoms with Gasteiger partial charge in [0.1, 0.15) is 0 Å². The van der Waals surface area contributed by atoms with Crippen molar-refractivity contribution in [2.45, 2.75) is 0 Å². The first-order chi connectivity index (χ1) is 3.97. The Bertz CT molecular complexity index is 168. The SMILES string of the molecule is CO.c1cc2cc-2n1. The van der Waals surface area contributed by atoms with Crippen LogP contribution >= 0.6 is 0 Å². The lowest BCUT2D eigenvalue weighted by atomic mass is 10.6. The molecule has 42 valence electrons. The summed E-state index contributed by atoms with van der Waals surface area (Å²) >= 11 is 0. The van der Waals surface area contributed by atoms with E-state index in [0.717, 1.165) is 7.11 Å². The zero-order valence-corrected chi connectivity index (χ0v) is 4.63. The Balaban J connectivity index is 0.000000147. The summed E-state index contributed by atoms with van der Waals surface area (Å²) in [6.07, 6.45) is 1.82. The molecular weight excluding hydrogens is 102 g/mol. The van der Waals surface area contributed by atoms with Gasteiger partial charge >= 0.3 is 0 Å². The summed E-state index contributed by atoms with van der Waals surface area (Å²) < 4.78 is 0. The van der Waals surface area contributed by atoms with Gasteiger partial charge in [-0.1, -0.05) is 0 Å². The molecule has 0 aromatic carbocycles. The van der Waals surface area contributed by atoms with Gasteiger partial charge in [-0.25, -0.2) is 0 Å². The average Bonchev–Trinajstić information content (AvgIpc) is 2.46. The van der Waals surface area contributed by atoms with E-state index in [0.29, 0.717) is 0 Å². The van der Waals surface area contributed by atoms with E-state index in [2.05, 4.69) is 11.1 Å². The highest BCUT2D eigenvalue weighted by molar-refractivity contribution is 5.75. The van der Waals surface area contributed by atoms with Gasteiger partial charge in [0.2, 0.25) is 0 Å². The van der Waals surface area contributed by atoms with Crippen LogP contribution in [0.1, 0.15) is 0 Å². The minimum atomic E-state index is 1.00. The fourth-order valence-electron chi connectivity index (χ4n) is 0.554. The molecule has 1 aliphatic carbocycles. The molecule has 2 nitrogen and oxygen atoms in total. The predicted molar refractivity (Wildman–Crippen MR) is 31.4 cm³/mol. The maximum absolute atomic E-state index is 7.00. The van der Waals surface area contributed by atoms with Crippen molar-refractivity contribution in [2.24, 2.45) is 0 Å². The van der Waals surface area contributed by atoms with E-state index in [1.54, 1.807) is 0 Å². The first kappa shape index (κ1) is 5.25. The number of pyridine rings is 1. The molecule has 8 heavy (non-hydrogen) atoms. The lowest BCUT2D eigenvalue weighted by molar-refractivity contribution is 0.399. The second kappa shape index (κ2) is 1.92. The van der Waals surface area contributed by atoms with E-state index in [1.165, 1.54) is 11.3 Å². The van der Waals surface area contributed by atoms with E-state index in [1.807, 2.05) is 12.3 Å². The minimum absolute atomic E-state index is 1.00. The molecule has 2 rings (SSSR count). The summed E-state index contributed by atoms with van der Waals surface area (Å²) in [4.78, 5) is 3.95. The molecule has 0 fully saturated rings.